The molecule has 3 rings (SSSR count). The van der Waals surface area contributed by atoms with Gasteiger partial charge in [0.2, 0.25) is 0 Å². The maximum atomic E-state index is 11.0. The molecule has 2 radical (unpaired) electrons. The van der Waals surface area contributed by atoms with Crippen molar-refractivity contribution in [1.29, 1.82) is 0 Å². The molecule has 4 nitrogen and oxygen atoms in total. The molecule has 2 heterocycles. The van der Waals surface area contributed by atoms with Gasteiger partial charge < -0.3 is 10.1 Å². The summed E-state index contributed by atoms with van der Waals surface area (Å²) in [5.74, 6) is -1.06. The van der Waals surface area contributed by atoms with Crippen LogP contribution in [0.25, 0.3) is 22.0 Å². The first-order valence-corrected chi connectivity index (χ1v) is 5.71. The third-order valence-electron chi connectivity index (χ3n) is 3.05. The van der Waals surface area contributed by atoms with Crippen molar-refractivity contribution in [2.45, 2.75) is 0 Å². The molecule has 0 aliphatic heterocycles. The second-order valence-corrected chi connectivity index (χ2v) is 4.22. The number of benzene rings is 1. The minimum atomic E-state index is -1.06. The number of carboxylic acids is 1. The third kappa shape index (κ3) is 1.89. The van der Waals surface area contributed by atoms with E-state index in [1.807, 2.05) is 30.3 Å². The highest BCUT2D eigenvalue weighted by atomic mass is 16.4. The fourth-order valence-electron chi connectivity index (χ4n) is 2.10. The van der Waals surface area contributed by atoms with E-state index in [2.05, 4.69) is 9.97 Å². The Morgan fingerprint density at radius 3 is 2.79 bits per heavy atom. The Bertz CT molecular complexity index is 766. The molecule has 2 N–H and O–H groups in total. The lowest BCUT2D eigenvalue weighted by atomic mass is 9.91. The molecular weight excluding hydrogens is 239 g/mol. The van der Waals surface area contributed by atoms with Crippen LogP contribution in [0.1, 0.15) is 10.5 Å². The van der Waals surface area contributed by atoms with Crippen LogP contribution in [-0.4, -0.2) is 28.9 Å². The van der Waals surface area contributed by atoms with Crippen LogP contribution in [0.2, 0.25) is 0 Å². The van der Waals surface area contributed by atoms with Crippen molar-refractivity contribution in [2.24, 2.45) is 0 Å². The van der Waals surface area contributed by atoms with Crippen molar-refractivity contribution in [1.82, 2.24) is 9.97 Å². The summed E-state index contributed by atoms with van der Waals surface area (Å²) in [6, 6.07) is 9.38. The van der Waals surface area contributed by atoms with Gasteiger partial charge in [-0.2, -0.15) is 0 Å². The van der Waals surface area contributed by atoms with Gasteiger partial charge in [-0.05, 0) is 23.1 Å². The van der Waals surface area contributed by atoms with Crippen LogP contribution in [0.5, 0.6) is 0 Å². The monoisotopic (exact) mass is 248 g/mol. The minimum Gasteiger partial charge on any atom is -0.477 e. The van der Waals surface area contributed by atoms with Gasteiger partial charge in [0.15, 0.2) is 0 Å². The highest BCUT2D eigenvalue weighted by molar-refractivity contribution is 6.42. The SMILES string of the molecule is [B]c1c(C(=O)O)[nH]c2cc(-c3cccnc3)ccc12. The van der Waals surface area contributed by atoms with Gasteiger partial charge >= 0.3 is 5.97 Å². The standard InChI is InChI=1S/C14H9BN2O2/c15-12-10-4-3-8(9-2-1-5-16-7-9)6-11(10)17-13(12)14(18)19/h1-7,17H,(H,18,19). The Balaban J connectivity index is 2.19. The lowest BCUT2D eigenvalue weighted by Gasteiger charge is -2.01. The van der Waals surface area contributed by atoms with Gasteiger partial charge in [-0.15, -0.1) is 0 Å². The van der Waals surface area contributed by atoms with Gasteiger partial charge in [-0.3, -0.25) is 4.98 Å². The molecule has 3 aromatic rings. The first-order valence-electron chi connectivity index (χ1n) is 5.71. The van der Waals surface area contributed by atoms with Crippen molar-refractivity contribution in [2.75, 3.05) is 0 Å². The first kappa shape index (κ1) is 11.5. The first-order chi connectivity index (χ1) is 9.16. The molecular formula is C14H9BN2O2. The number of pyridine rings is 1. The molecule has 0 amide bonds. The number of hydrogen-bond acceptors (Lipinski definition) is 2. The number of aromatic carboxylic acids is 1. The van der Waals surface area contributed by atoms with Gasteiger partial charge in [0.25, 0.3) is 0 Å². The van der Waals surface area contributed by atoms with Crippen molar-refractivity contribution in [3.63, 3.8) is 0 Å². The molecule has 0 atom stereocenters. The Morgan fingerprint density at radius 1 is 1.26 bits per heavy atom. The average molecular weight is 248 g/mol. The van der Waals surface area contributed by atoms with Gasteiger partial charge in [0.05, 0.1) is 0 Å². The number of nitrogens with one attached hydrogen (secondary N) is 1. The molecule has 0 fully saturated rings. The summed E-state index contributed by atoms with van der Waals surface area (Å²) in [6.45, 7) is 0. The Morgan fingerprint density at radius 2 is 2.11 bits per heavy atom. The van der Waals surface area contributed by atoms with Gasteiger partial charge in [-0.1, -0.05) is 23.7 Å². The number of carbonyl (C=O) groups is 1. The number of nitrogens with zero attached hydrogens (tertiary/aromatic N) is 1. The van der Waals surface area contributed by atoms with Crippen molar-refractivity contribution >= 4 is 30.2 Å². The quantitative estimate of drug-likeness (QED) is 0.678. The van der Waals surface area contributed by atoms with Gasteiger partial charge in [0.1, 0.15) is 13.5 Å². The number of H-pyrrole nitrogens is 1. The zero-order chi connectivity index (χ0) is 13.4. The van der Waals surface area contributed by atoms with Crippen LogP contribution in [-0.2, 0) is 0 Å². The molecule has 0 unspecified atom stereocenters. The van der Waals surface area contributed by atoms with E-state index >= 15 is 0 Å². The van der Waals surface area contributed by atoms with Crippen molar-refractivity contribution in [3.8, 4) is 11.1 Å². The summed E-state index contributed by atoms with van der Waals surface area (Å²) < 4.78 is 0. The topological polar surface area (TPSA) is 66.0 Å². The zero-order valence-corrected chi connectivity index (χ0v) is 9.92. The Kier molecular flexibility index (Phi) is 2.60. The van der Waals surface area contributed by atoms with Crippen molar-refractivity contribution < 1.29 is 9.90 Å². The summed E-state index contributed by atoms with van der Waals surface area (Å²) in [6.07, 6.45) is 3.46. The third-order valence-corrected chi connectivity index (χ3v) is 3.05. The molecule has 0 aliphatic carbocycles. The summed E-state index contributed by atoms with van der Waals surface area (Å²) in [7, 11) is 5.80. The number of aromatic nitrogens is 2. The van der Waals surface area contributed by atoms with Crippen LogP contribution in [0, 0.1) is 0 Å². The maximum absolute atomic E-state index is 11.0. The number of fused-ring (bicyclic) bond motifs is 1. The summed E-state index contributed by atoms with van der Waals surface area (Å²) in [5, 5.41) is 9.74. The molecule has 0 spiro atoms. The highest BCUT2D eigenvalue weighted by Gasteiger charge is 2.13. The average Bonchev–Trinajstić information content (AvgIpc) is 2.77. The number of rotatable bonds is 2. The second kappa shape index (κ2) is 4.28. The van der Waals surface area contributed by atoms with Gasteiger partial charge in [0, 0.05) is 23.5 Å². The predicted octanol–water partition coefficient (Wildman–Crippen LogP) is 1.72. The van der Waals surface area contributed by atoms with Crippen LogP contribution >= 0.6 is 0 Å². The Hall–Kier alpha value is -2.56. The Labute approximate surface area is 110 Å². The summed E-state index contributed by atoms with van der Waals surface area (Å²) in [4.78, 5) is 17.9. The van der Waals surface area contributed by atoms with Crippen LogP contribution in [0.3, 0.4) is 0 Å². The van der Waals surface area contributed by atoms with E-state index in [1.54, 1.807) is 12.4 Å². The van der Waals surface area contributed by atoms with E-state index < -0.39 is 5.97 Å². The van der Waals surface area contributed by atoms with E-state index in [-0.39, 0.29) is 11.2 Å². The van der Waals surface area contributed by atoms with Crippen LogP contribution in [0.15, 0.2) is 42.7 Å². The largest absolute Gasteiger partial charge is 0.477 e. The van der Waals surface area contributed by atoms with Gasteiger partial charge in [-0.25, -0.2) is 4.79 Å². The highest BCUT2D eigenvalue weighted by Crippen LogP contribution is 2.22. The molecule has 0 aliphatic rings. The molecule has 0 bridgehead atoms. The smallest absolute Gasteiger partial charge is 0.351 e. The molecule has 0 saturated heterocycles. The normalized spacial score (nSPS) is 10.7. The fraction of sp³-hybridized carbons (Fsp3) is 0. The van der Waals surface area contributed by atoms with E-state index in [4.69, 9.17) is 13.0 Å². The van der Waals surface area contributed by atoms with E-state index in [9.17, 15) is 4.79 Å². The van der Waals surface area contributed by atoms with Crippen molar-refractivity contribution in [3.05, 3.63) is 48.4 Å². The number of hydrogen-bond donors (Lipinski definition) is 2. The molecule has 19 heavy (non-hydrogen) atoms. The van der Waals surface area contributed by atoms with Crippen LogP contribution in [0.4, 0.5) is 0 Å². The minimum absolute atomic E-state index is 0.0262. The van der Waals surface area contributed by atoms with E-state index in [0.29, 0.717) is 10.9 Å². The lowest BCUT2D eigenvalue weighted by Crippen LogP contribution is -2.13. The second-order valence-electron chi connectivity index (χ2n) is 4.22. The summed E-state index contributed by atoms with van der Waals surface area (Å²) in [5.41, 5.74) is 2.92. The number of aromatic amines is 1. The summed E-state index contributed by atoms with van der Waals surface area (Å²) >= 11 is 0. The van der Waals surface area contributed by atoms with Crippen LogP contribution < -0.4 is 5.46 Å². The van der Waals surface area contributed by atoms with E-state index in [1.165, 1.54) is 0 Å². The molecule has 5 heteroatoms. The molecule has 2 aromatic heterocycles. The molecule has 90 valence electrons. The fourth-order valence-corrected chi connectivity index (χ4v) is 2.10. The predicted molar refractivity (Wildman–Crippen MR) is 73.9 cm³/mol. The molecule has 1 aromatic carbocycles. The molecule has 0 saturated carbocycles. The lowest BCUT2D eigenvalue weighted by molar-refractivity contribution is 0.0693. The maximum Gasteiger partial charge on any atom is 0.351 e. The number of carboxylic acid groups (broad SMARTS) is 1. The zero-order valence-electron chi connectivity index (χ0n) is 9.92. The van der Waals surface area contributed by atoms with E-state index in [0.717, 1.165) is 11.1 Å².